The fourth-order valence-corrected chi connectivity index (χ4v) is 3.33. The molecule has 5 heteroatoms. The first-order valence-corrected chi connectivity index (χ1v) is 8.22. The lowest BCUT2D eigenvalue weighted by Gasteiger charge is -2.49. The van der Waals surface area contributed by atoms with Gasteiger partial charge in [-0.2, -0.15) is 0 Å². The number of fused-ring (bicyclic) bond motifs is 1. The van der Waals surface area contributed by atoms with Gasteiger partial charge in [0, 0.05) is 12.5 Å². The molecule has 1 aliphatic heterocycles. The lowest BCUT2D eigenvalue weighted by Crippen LogP contribution is -2.58. The first-order chi connectivity index (χ1) is 10.6. The number of ether oxygens (including phenoxy) is 1. The van der Waals surface area contributed by atoms with Crippen molar-refractivity contribution in [3.8, 4) is 5.75 Å². The molecule has 5 nitrogen and oxygen atoms in total. The van der Waals surface area contributed by atoms with Gasteiger partial charge in [-0.15, -0.1) is 0 Å². The number of carbonyl (C=O) groups is 1. The maximum atomic E-state index is 12.3. The molecule has 1 fully saturated rings. The molecule has 2 aliphatic rings. The number of aryl methyl sites for hydroxylation is 1. The molecule has 0 atom stereocenters. The van der Waals surface area contributed by atoms with Gasteiger partial charge in [-0.3, -0.25) is 9.69 Å². The molecule has 0 unspecified atom stereocenters. The number of carbonyl (C=O) groups excluding carboxylic acids is 1. The van der Waals surface area contributed by atoms with E-state index in [1.54, 1.807) is 11.1 Å². The van der Waals surface area contributed by atoms with Gasteiger partial charge in [-0.25, -0.2) is 4.98 Å². The van der Waals surface area contributed by atoms with Crippen molar-refractivity contribution in [1.82, 2.24) is 4.98 Å². The van der Waals surface area contributed by atoms with E-state index in [0.29, 0.717) is 32.3 Å². The second-order valence-electron chi connectivity index (χ2n) is 6.41. The Hall–Kier alpha value is -1.62. The summed E-state index contributed by atoms with van der Waals surface area (Å²) in [4.78, 5) is 18.6. The molecule has 3 rings (SSSR count). The lowest BCUT2D eigenvalue weighted by molar-refractivity contribution is -0.122. The second kappa shape index (κ2) is 5.88. The van der Waals surface area contributed by atoms with Crippen LogP contribution in [0.2, 0.25) is 0 Å². The van der Waals surface area contributed by atoms with E-state index in [0.717, 1.165) is 30.0 Å². The average Bonchev–Trinajstić information content (AvgIpc) is 2.50. The first kappa shape index (κ1) is 15.3. The highest BCUT2D eigenvalue weighted by atomic mass is 16.5. The Morgan fingerprint density at radius 1 is 1.41 bits per heavy atom. The molecule has 1 N–H and O–H groups in total. The Morgan fingerprint density at radius 3 is 2.86 bits per heavy atom. The molecule has 0 saturated heterocycles. The molecule has 120 valence electrons. The zero-order chi connectivity index (χ0) is 15.7. The molecular weight excluding hydrogens is 280 g/mol. The predicted molar refractivity (Wildman–Crippen MR) is 84.1 cm³/mol. The van der Waals surface area contributed by atoms with E-state index in [1.807, 2.05) is 13.0 Å². The molecule has 0 spiro atoms. The van der Waals surface area contributed by atoms with E-state index < -0.39 is 5.60 Å². The van der Waals surface area contributed by atoms with Gasteiger partial charge in [0.25, 0.3) is 0 Å². The molecule has 0 bridgehead atoms. The molecule has 1 aromatic heterocycles. The minimum atomic E-state index is -0.604. The topological polar surface area (TPSA) is 62.7 Å². The normalized spacial score (nSPS) is 27.3. The van der Waals surface area contributed by atoms with E-state index in [4.69, 9.17) is 4.74 Å². The molecule has 1 amide bonds. The molecule has 22 heavy (non-hydrogen) atoms. The number of aliphatic hydroxyl groups is 1. The number of aromatic nitrogens is 1. The van der Waals surface area contributed by atoms with Crippen LogP contribution in [-0.2, 0) is 11.2 Å². The van der Waals surface area contributed by atoms with Gasteiger partial charge in [0.1, 0.15) is 11.6 Å². The van der Waals surface area contributed by atoms with Crippen LogP contribution in [0, 0.1) is 0 Å². The minimum Gasteiger partial charge on any atom is -0.492 e. The largest absolute Gasteiger partial charge is 0.492 e. The zero-order valence-corrected chi connectivity index (χ0v) is 13.3. The van der Waals surface area contributed by atoms with Crippen molar-refractivity contribution in [3.63, 3.8) is 0 Å². The Balaban J connectivity index is 1.80. The third-order valence-corrected chi connectivity index (χ3v) is 4.75. The van der Waals surface area contributed by atoms with Crippen molar-refractivity contribution >= 4 is 11.7 Å². The van der Waals surface area contributed by atoms with Crippen molar-refractivity contribution in [2.45, 2.75) is 64.0 Å². The van der Waals surface area contributed by atoms with Crippen LogP contribution < -0.4 is 9.64 Å². The summed E-state index contributed by atoms with van der Waals surface area (Å²) in [6, 6.07) is 2.08. The molecule has 2 heterocycles. The summed E-state index contributed by atoms with van der Waals surface area (Å²) in [5, 5.41) is 10.2. The average molecular weight is 304 g/mol. The number of amides is 1. The smallest absolute Gasteiger partial charge is 0.228 e. The van der Waals surface area contributed by atoms with Gasteiger partial charge in [-0.1, -0.05) is 13.8 Å². The first-order valence-electron chi connectivity index (χ1n) is 8.22. The van der Waals surface area contributed by atoms with Crippen LogP contribution in [0.1, 0.15) is 51.5 Å². The van der Waals surface area contributed by atoms with Crippen molar-refractivity contribution < 1.29 is 14.6 Å². The van der Waals surface area contributed by atoms with Crippen LogP contribution in [0.3, 0.4) is 0 Å². The number of pyridine rings is 1. The zero-order valence-electron chi connectivity index (χ0n) is 13.3. The van der Waals surface area contributed by atoms with E-state index in [2.05, 4.69) is 11.9 Å². The van der Waals surface area contributed by atoms with Crippen LogP contribution in [0.15, 0.2) is 12.3 Å². The highest BCUT2D eigenvalue weighted by Crippen LogP contribution is 2.42. The van der Waals surface area contributed by atoms with Crippen molar-refractivity contribution in [1.29, 1.82) is 0 Å². The van der Waals surface area contributed by atoms with Gasteiger partial charge in [0.2, 0.25) is 5.91 Å². The van der Waals surface area contributed by atoms with Crippen molar-refractivity contribution in [2.75, 3.05) is 11.5 Å². The van der Waals surface area contributed by atoms with Gasteiger partial charge in [0.15, 0.2) is 0 Å². The van der Waals surface area contributed by atoms with Crippen LogP contribution >= 0.6 is 0 Å². The Labute approximate surface area is 131 Å². The van der Waals surface area contributed by atoms with Crippen LogP contribution in [0.5, 0.6) is 5.75 Å². The predicted octanol–water partition coefficient (Wildman–Crippen LogP) is 2.45. The summed E-state index contributed by atoms with van der Waals surface area (Å²) in [7, 11) is 0. The lowest BCUT2D eigenvalue weighted by atomic mass is 9.73. The maximum absolute atomic E-state index is 12.3. The highest BCUT2D eigenvalue weighted by molar-refractivity contribution is 5.96. The Bertz CT molecular complexity index is 567. The summed E-state index contributed by atoms with van der Waals surface area (Å²) in [6.45, 7) is 4.73. The van der Waals surface area contributed by atoms with E-state index in [1.165, 1.54) is 0 Å². The molecular formula is C17H24N2O3. The Kier molecular flexibility index (Phi) is 4.08. The van der Waals surface area contributed by atoms with Gasteiger partial charge in [-0.05, 0) is 43.7 Å². The van der Waals surface area contributed by atoms with Crippen molar-refractivity contribution in [3.05, 3.63) is 17.8 Å². The van der Waals surface area contributed by atoms with Crippen LogP contribution in [-0.4, -0.2) is 34.2 Å². The summed E-state index contributed by atoms with van der Waals surface area (Å²) in [5.74, 6) is 1.64. The summed E-state index contributed by atoms with van der Waals surface area (Å²) in [6.07, 6.45) is 5.90. The van der Waals surface area contributed by atoms with Crippen LogP contribution in [0.25, 0.3) is 0 Å². The molecule has 0 aromatic carbocycles. The van der Waals surface area contributed by atoms with E-state index in [9.17, 15) is 9.90 Å². The number of nitrogens with zero attached hydrogens (tertiary/aromatic N) is 2. The second-order valence-corrected chi connectivity index (χ2v) is 6.41. The minimum absolute atomic E-state index is 0.0754. The van der Waals surface area contributed by atoms with Gasteiger partial charge in [0.05, 0.1) is 18.4 Å². The van der Waals surface area contributed by atoms with Gasteiger partial charge >= 0.3 is 0 Å². The summed E-state index contributed by atoms with van der Waals surface area (Å²) < 4.78 is 5.63. The molecule has 1 aromatic rings. The third kappa shape index (κ3) is 2.70. The molecule has 0 radical (unpaired) electrons. The fraction of sp³-hybridized carbons (Fsp3) is 0.647. The summed E-state index contributed by atoms with van der Waals surface area (Å²) >= 11 is 0. The van der Waals surface area contributed by atoms with Gasteiger partial charge < -0.3 is 9.84 Å². The molecule has 1 saturated carbocycles. The quantitative estimate of drug-likeness (QED) is 0.907. The fourth-order valence-electron chi connectivity index (χ4n) is 3.33. The SMILES string of the molecule is CCCOc1cnc2c(c1)CCC(=O)N2C1CC(O)(CC)C1. The third-order valence-electron chi connectivity index (χ3n) is 4.75. The van der Waals surface area contributed by atoms with Crippen LogP contribution in [0.4, 0.5) is 5.82 Å². The maximum Gasteiger partial charge on any atom is 0.228 e. The highest BCUT2D eigenvalue weighted by Gasteiger charge is 2.47. The number of hydrogen-bond donors (Lipinski definition) is 1. The van der Waals surface area contributed by atoms with E-state index in [-0.39, 0.29) is 11.9 Å². The monoisotopic (exact) mass is 304 g/mol. The number of hydrogen-bond acceptors (Lipinski definition) is 4. The number of rotatable bonds is 5. The van der Waals surface area contributed by atoms with Crippen molar-refractivity contribution in [2.24, 2.45) is 0 Å². The number of anilines is 1. The molecule has 1 aliphatic carbocycles. The summed E-state index contributed by atoms with van der Waals surface area (Å²) in [5.41, 5.74) is 0.465. The standard InChI is InChI=1S/C17H24N2O3/c1-3-7-22-14-8-12-5-6-15(20)19(16(12)18-11-14)13-9-17(21,4-2)10-13/h8,11,13,21H,3-7,9-10H2,1-2H3. The van der Waals surface area contributed by atoms with E-state index >= 15 is 0 Å². The Morgan fingerprint density at radius 2 is 2.18 bits per heavy atom.